The van der Waals surface area contributed by atoms with Crippen molar-refractivity contribution >= 4 is 52.2 Å². The number of amides is 1. The lowest BCUT2D eigenvalue weighted by Gasteiger charge is -2.36. The first-order valence-corrected chi connectivity index (χ1v) is 13.3. The molecule has 1 saturated heterocycles. The molecule has 188 valence electrons. The van der Waals surface area contributed by atoms with Crippen LogP contribution >= 0.6 is 34.8 Å². The fourth-order valence-electron chi connectivity index (χ4n) is 4.50. The van der Waals surface area contributed by atoms with Gasteiger partial charge in [-0.3, -0.25) is 9.59 Å². The number of nitrogens with zero attached hydrogens (tertiary/aromatic N) is 2. The highest BCUT2D eigenvalue weighted by Crippen LogP contribution is 2.26. The summed E-state index contributed by atoms with van der Waals surface area (Å²) in [7, 11) is 0. The quantitative estimate of drug-likeness (QED) is 0.302. The van der Waals surface area contributed by atoms with E-state index < -0.39 is 0 Å². The molecule has 0 atom stereocenters. The van der Waals surface area contributed by atoms with E-state index in [4.69, 9.17) is 34.8 Å². The summed E-state index contributed by atoms with van der Waals surface area (Å²) >= 11 is 18.7. The van der Waals surface area contributed by atoms with Gasteiger partial charge in [0.25, 0.3) is 0 Å². The molecular formula is C29H29Cl3N2O2. The van der Waals surface area contributed by atoms with Gasteiger partial charge in [-0.05, 0) is 59.9 Å². The molecule has 1 aliphatic heterocycles. The van der Waals surface area contributed by atoms with Gasteiger partial charge < -0.3 is 9.80 Å². The fourth-order valence-corrected chi connectivity index (χ4v) is 5.26. The molecule has 0 aliphatic carbocycles. The molecule has 1 heterocycles. The van der Waals surface area contributed by atoms with E-state index in [1.807, 2.05) is 41.3 Å². The molecule has 4 rings (SSSR count). The van der Waals surface area contributed by atoms with E-state index >= 15 is 0 Å². The highest BCUT2D eigenvalue weighted by atomic mass is 35.5. The van der Waals surface area contributed by atoms with Gasteiger partial charge in [0.2, 0.25) is 5.91 Å². The zero-order valence-electron chi connectivity index (χ0n) is 20.1. The molecule has 7 heteroatoms. The number of anilines is 1. The second-order valence-corrected chi connectivity index (χ2v) is 10.3. The van der Waals surface area contributed by atoms with Crippen LogP contribution < -0.4 is 4.90 Å². The number of aryl methyl sites for hydroxylation is 1. The van der Waals surface area contributed by atoms with Gasteiger partial charge >= 0.3 is 0 Å². The molecule has 1 fully saturated rings. The van der Waals surface area contributed by atoms with Crippen molar-refractivity contribution in [3.05, 3.63) is 98.5 Å². The number of halogens is 3. The van der Waals surface area contributed by atoms with Gasteiger partial charge in [-0.2, -0.15) is 0 Å². The molecule has 4 nitrogen and oxygen atoms in total. The van der Waals surface area contributed by atoms with Crippen LogP contribution in [-0.4, -0.2) is 42.8 Å². The van der Waals surface area contributed by atoms with E-state index in [1.54, 1.807) is 18.2 Å². The van der Waals surface area contributed by atoms with Crippen LogP contribution in [0.3, 0.4) is 0 Å². The summed E-state index contributed by atoms with van der Waals surface area (Å²) in [5, 5.41) is 1.80. The topological polar surface area (TPSA) is 40.6 Å². The maximum atomic E-state index is 12.8. The van der Waals surface area contributed by atoms with Crippen LogP contribution in [0.15, 0.2) is 66.7 Å². The Morgan fingerprint density at radius 1 is 0.722 bits per heavy atom. The zero-order chi connectivity index (χ0) is 25.5. The summed E-state index contributed by atoms with van der Waals surface area (Å²) in [5.74, 6) is 0.272. The summed E-state index contributed by atoms with van der Waals surface area (Å²) < 4.78 is 0. The molecule has 1 amide bonds. The molecule has 0 aromatic heterocycles. The normalized spacial score (nSPS) is 13.6. The summed E-state index contributed by atoms with van der Waals surface area (Å²) in [6.45, 7) is 2.80. The molecular weight excluding hydrogens is 515 g/mol. The Hall–Kier alpha value is -2.53. The van der Waals surface area contributed by atoms with E-state index in [1.165, 1.54) is 0 Å². The molecule has 0 radical (unpaired) electrons. The number of benzene rings is 3. The van der Waals surface area contributed by atoms with Crippen molar-refractivity contribution in [1.29, 1.82) is 0 Å². The summed E-state index contributed by atoms with van der Waals surface area (Å²) in [5.41, 5.74) is 3.89. The van der Waals surface area contributed by atoms with Crippen LogP contribution in [0, 0.1) is 0 Å². The monoisotopic (exact) mass is 542 g/mol. The maximum absolute atomic E-state index is 12.8. The third kappa shape index (κ3) is 7.03. The van der Waals surface area contributed by atoms with Crippen molar-refractivity contribution in [2.75, 3.05) is 31.1 Å². The van der Waals surface area contributed by atoms with E-state index in [2.05, 4.69) is 17.0 Å². The van der Waals surface area contributed by atoms with Crippen molar-refractivity contribution in [2.45, 2.75) is 32.1 Å². The lowest BCUT2D eigenvalue weighted by molar-refractivity contribution is -0.130. The molecule has 36 heavy (non-hydrogen) atoms. The van der Waals surface area contributed by atoms with Crippen LogP contribution in [0.5, 0.6) is 0 Å². The van der Waals surface area contributed by atoms with Gasteiger partial charge in [0.1, 0.15) is 5.78 Å². The third-order valence-corrected chi connectivity index (χ3v) is 7.66. The molecule has 0 unspecified atom stereocenters. The minimum Gasteiger partial charge on any atom is -0.368 e. The number of ketones is 1. The van der Waals surface area contributed by atoms with Crippen molar-refractivity contribution < 1.29 is 9.59 Å². The lowest BCUT2D eigenvalue weighted by Crippen LogP contribution is -2.49. The average molecular weight is 544 g/mol. The van der Waals surface area contributed by atoms with Gasteiger partial charge in [-0.1, -0.05) is 71.2 Å². The van der Waals surface area contributed by atoms with Crippen molar-refractivity contribution in [1.82, 2.24) is 4.90 Å². The summed E-state index contributed by atoms with van der Waals surface area (Å²) in [6, 6.07) is 21.2. The van der Waals surface area contributed by atoms with Crippen LogP contribution in [-0.2, 0) is 28.9 Å². The number of carbonyl (C=O) groups excluding carboxylic acids is 2. The first kappa shape index (κ1) is 26.5. The minimum absolute atomic E-state index is 0.0352. The molecule has 3 aromatic carbocycles. The van der Waals surface area contributed by atoms with Crippen LogP contribution in [0.4, 0.5) is 5.69 Å². The minimum atomic E-state index is 0.0352. The molecule has 0 spiro atoms. The van der Waals surface area contributed by atoms with E-state index in [0.717, 1.165) is 47.8 Å². The largest absolute Gasteiger partial charge is 0.368 e. The van der Waals surface area contributed by atoms with Gasteiger partial charge in [-0.25, -0.2) is 0 Å². The van der Waals surface area contributed by atoms with E-state index in [0.29, 0.717) is 41.5 Å². The Morgan fingerprint density at radius 3 is 2.03 bits per heavy atom. The molecule has 0 N–H and O–H groups in total. The summed E-state index contributed by atoms with van der Waals surface area (Å²) in [4.78, 5) is 29.4. The maximum Gasteiger partial charge on any atom is 0.227 e. The standard InChI is InChI=1S/C29H29Cl3N2O2/c30-26-8-2-1-5-22(26)6-3-7-24(35)19-21-11-13-23(14-12-21)33-15-17-34(18-16-33)29(36)20-25-27(31)9-4-10-28(25)32/h1-2,4-5,8-14H,3,6-7,15-20H2. The second kappa shape index (κ2) is 12.6. The Morgan fingerprint density at radius 2 is 1.36 bits per heavy atom. The van der Waals surface area contributed by atoms with Gasteiger partial charge in [0.15, 0.2) is 0 Å². The third-order valence-electron chi connectivity index (χ3n) is 6.58. The first-order valence-electron chi connectivity index (χ1n) is 12.2. The van der Waals surface area contributed by atoms with Crippen LogP contribution in [0.1, 0.15) is 29.5 Å². The van der Waals surface area contributed by atoms with Crippen LogP contribution in [0.2, 0.25) is 15.1 Å². The predicted molar refractivity (Wildman–Crippen MR) is 149 cm³/mol. The molecule has 3 aromatic rings. The number of hydrogen-bond donors (Lipinski definition) is 0. The van der Waals surface area contributed by atoms with Gasteiger partial charge in [0, 0.05) is 59.8 Å². The van der Waals surface area contributed by atoms with E-state index in [9.17, 15) is 9.59 Å². The number of piperazine rings is 1. The Kier molecular flexibility index (Phi) is 9.30. The first-order chi connectivity index (χ1) is 17.4. The zero-order valence-corrected chi connectivity index (χ0v) is 22.3. The number of hydrogen-bond acceptors (Lipinski definition) is 3. The highest BCUT2D eigenvalue weighted by molar-refractivity contribution is 6.36. The number of rotatable bonds is 9. The smallest absolute Gasteiger partial charge is 0.227 e. The Balaban J connectivity index is 1.22. The summed E-state index contributed by atoms with van der Waals surface area (Å²) in [6.07, 6.45) is 2.80. The van der Waals surface area contributed by atoms with E-state index in [-0.39, 0.29) is 18.1 Å². The fraction of sp³-hybridized carbons (Fsp3) is 0.310. The van der Waals surface area contributed by atoms with Crippen molar-refractivity contribution in [3.8, 4) is 0 Å². The van der Waals surface area contributed by atoms with Crippen molar-refractivity contribution in [2.24, 2.45) is 0 Å². The molecule has 0 saturated carbocycles. The predicted octanol–water partition coefficient (Wildman–Crippen LogP) is 6.67. The highest BCUT2D eigenvalue weighted by Gasteiger charge is 2.23. The Labute approximate surface area is 227 Å². The number of Topliss-reactive ketones (excluding diaryl/α,β-unsaturated/α-hetero) is 1. The Bertz CT molecular complexity index is 1190. The molecule has 1 aliphatic rings. The van der Waals surface area contributed by atoms with Crippen LogP contribution in [0.25, 0.3) is 0 Å². The van der Waals surface area contributed by atoms with Crippen molar-refractivity contribution in [3.63, 3.8) is 0 Å². The SMILES string of the molecule is O=C(CCCc1ccccc1Cl)Cc1ccc(N2CCN(C(=O)Cc3c(Cl)cccc3Cl)CC2)cc1. The average Bonchev–Trinajstić information content (AvgIpc) is 2.88. The second-order valence-electron chi connectivity index (χ2n) is 9.07. The number of carbonyl (C=O) groups is 2. The van der Waals surface area contributed by atoms with Gasteiger partial charge in [0.05, 0.1) is 6.42 Å². The molecule has 0 bridgehead atoms. The lowest BCUT2D eigenvalue weighted by atomic mass is 10.0. The van der Waals surface area contributed by atoms with Gasteiger partial charge in [-0.15, -0.1) is 0 Å².